The fraction of sp³-hybridized carbons (Fsp3) is 0.444. The summed E-state index contributed by atoms with van der Waals surface area (Å²) in [7, 11) is 0. The Morgan fingerprint density at radius 3 is 1.42 bits per heavy atom. The van der Waals surface area contributed by atoms with Crippen molar-refractivity contribution in [2.24, 2.45) is 11.5 Å². The summed E-state index contributed by atoms with van der Waals surface area (Å²) in [6, 6.07) is -2.14. The first-order chi connectivity index (χ1) is 15.3. The van der Waals surface area contributed by atoms with Crippen LogP contribution in [0.3, 0.4) is 0 Å². The van der Waals surface area contributed by atoms with Gasteiger partial charge in [0, 0.05) is 62.6 Å². The smallest absolute Gasteiger partial charge is 0.548 e. The van der Waals surface area contributed by atoms with E-state index >= 15 is 0 Å². The van der Waals surface area contributed by atoms with E-state index < -0.39 is 35.8 Å². The summed E-state index contributed by atoms with van der Waals surface area (Å²) in [6.45, 7) is 0.352. The monoisotopic (exact) mass is 513 g/mol. The van der Waals surface area contributed by atoms with Crippen molar-refractivity contribution in [3.8, 4) is 0 Å². The minimum absolute atomic E-state index is 0. The predicted molar refractivity (Wildman–Crippen MR) is 106 cm³/mol. The SMILES string of the molecule is NCCC(=O)N[C@@H](Cc1cnc[nH]1)C(=O)[O-].NCCC(=O)N[C@@H](Cc1cnc[nH]1)C(=O)[O-].[Cu+2]. The van der Waals surface area contributed by atoms with E-state index in [0.29, 0.717) is 11.4 Å². The Bertz CT molecular complexity index is 776. The maximum Gasteiger partial charge on any atom is 2.00 e. The molecule has 0 fully saturated rings. The molecular weight excluding hydrogens is 488 g/mol. The van der Waals surface area contributed by atoms with Crippen molar-refractivity contribution < 1.29 is 46.5 Å². The number of aromatic amines is 2. The van der Waals surface area contributed by atoms with Gasteiger partial charge < -0.3 is 51.9 Å². The summed E-state index contributed by atoms with van der Waals surface area (Å²) in [5, 5.41) is 26.2. The number of carboxylic acids is 2. The molecule has 0 saturated heterocycles. The van der Waals surface area contributed by atoms with Gasteiger partial charge in [-0.1, -0.05) is 0 Å². The molecule has 0 aromatic carbocycles. The molecule has 0 aliphatic heterocycles. The Labute approximate surface area is 199 Å². The first kappa shape index (κ1) is 29.7. The molecule has 14 nitrogen and oxygen atoms in total. The topological polar surface area (TPSA) is 248 Å². The zero-order valence-electron chi connectivity index (χ0n) is 17.5. The van der Waals surface area contributed by atoms with Gasteiger partial charge >= 0.3 is 17.1 Å². The van der Waals surface area contributed by atoms with Crippen LogP contribution < -0.4 is 32.3 Å². The fourth-order valence-corrected chi connectivity index (χ4v) is 2.41. The fourth-order valence-electron chi connectivity index (χ4n) is 2.41. The van der Waals surface area contributed by atoms with Crippen molar-refractivity contribution >= 4 is 23.8 Å². The van der Waals surface area contributed by atoms with Crippen LogP contribution in [0.25, 0.3) is 0 Å². The van der Waals surface area contributed by atoms with Crippen LogP contribution in [0.1, 0.15) is 24.2 Å². The molecule has 2 rings (SSSR count). The number of aliphatic carboxylic acids is 2. The third kappa shape index (κ3) is 12.4. The number of nitrogens with two attached hydrogens (primary N) is 2. The standard InChI is InChI=1S/2C9H14N4O3.Cu/c2*10-2-1-8(14)13-7(9(15)16)3-6-4-11-5-12-6;/h2*4-5,7H,1-3,10H2,(H,11,12)(H,13,14)(H,15,16);/q;;+2/p-2/t2*7-;/m00./s1. The van der Waals surface area contributed by atoms with E-state index in [-0.39, 0.29) is 55.8 Å². The summed E-state index contributed by atoms with van der Waals surface area (Å²) in [5.74, 6) is -3.48. The molecule has 0 aliphatic carbocycles. The molecule has 2 amide bonds. The van der Waals surface area contributed by atoms with Crippen molar-refractivity contribution in [2.75, 3.05) is 13.1 Å². The van der Waals surface area contributed by atoms with E-state index in [0.717, 1.165) is 0 Å². The number of aromatic nitrogens is 4. The molecule has 2 atom stereocenters. The van der Waals surface area contributed by atoms with E-state index in [1.54, 1.807) is 0 Å². The van der Waals surface area contributed by atoms with E-state index in [9.17, 15) is 29.4 Å². The maximum absolute atomic E-state index is 11.2. The Balaban J connectivity index is 0.000000602. The molecule has 8 N–H and O–H groups in total. The van der Waals surface area contributed by atoms with Crippen molar-refractivity contribution in [2.45, 2.75) is 37.8 Å². The molecule has 0 unspecified atom stereocenters. The van der Waals surface area contributed by atoms with Crippen molar-refractivity contribution in [3.05, 3.63) is 36.4 Å². The van der Waals surface area contributed by atoms with Gasteiger partial charge in [-0.05, 0) is 0 Å². The van der Waals surface area contributed by atoms with Gasteiger partial charge in [-0.2, -0.15) is 0 Å². The first-order valence-electron chi connectivity index (χ1n) is 9.61. The number of hydrogen-bond donors (Lipinski definition) is 6. The zero-order valence-corrected chi connectivity index (χ0v) is 18.4. The predicted octanol–water partition coefficient (Wildman–Crippen LogP) is -4.93. The van der Waals surface area contributed by atoms with Crippen LogP contribution >= 0.6 is 0 Å². The third-order valence-corrected chi connectivity index (χ3v) is 3.94. The van der Waals surface area contributed by atoms with Gasteiger partial charge in [0.2, 0.25) is 11.8 Å². The van der Waals surface area contributed by atoms with Gasteiger partial charge in [0.25, 0.3) is 0 Å². The Kier molecular flexibility index (Phi) is 14.8. The van der Waals surface area contributed by atoms with Crippen LogP contribution in [-0.2, 0) is 49.1 Å². The van der Waals surface area contributed by atoms with Gasteiger partial charge in [0.05, 0.1) is 36.7 Å². The molecule has 0 bridgehead atoms. The number of hydrogen-bond acceptors (Lipinski definition) is 10. The van der Waals surface area contributed by atoms with Crippen LogP contribution in [0.4, 0.5) is 0 Å². The minimum atomic E-state index is -1.33. The van der Waals surface area contributed by atoms with Crippen LogP contribution in [-0.4, -0.2) is 68.9 Å². The van der Waals surface area contributed by atoms with E-state index in [1.807, 2.05) is 0 Å². The molecule has 2 heterocycles. The molecule has 185 valence electrons. The van der Waals surface area contributed by atoms with Crippen molar-refractivity contribution in [1.29, 1.82) is 0 Å². The molecular formula is C18H26CuN8O6. The number of imidazole rings is 2. The number of amides is 2. The summed E-state index contributed by atoms with van der Waals surface area (Å²) >= 11 is 0. The van der Waals surface area contributed by atoms with Crippen LogP contribution in [0, 0.1) is 0 Å². The van der Waals surface area contributed by atoms with Crippen molar-refractivity contribution in [3.63, 3.8) is 0 Å². The molecule has 0 spiro atoms. The largest absolute Gasteiger partial charge is 2.00 e. The molecule has 15 heteroatoms. The second-order valence-electron chi connectivity index (χ2n) is 6.52. The molecule has 1 radical (unpaired) electrons. The second kappa shape index (κ2) is 16.4. The number of nitrogens with one attached hydrogen (secondary N) is 4. The van der Waals surface area contributed by atoms with E-state index in [4.69, 9.17) is 11.5 Å². The van der Waals surface area contributed by atoms with Gasteiger partial charge in [-0.3, -0.25) is 9.59 Å². The Hall–Kier alpha value is -3.26. The van der Waals surface area contributed by atoms with Crippen LogP contribution in [0.15, 0.2) is 25.0 Å². The number of carbonyl (C=O) groups excluding carboxylic acids is 4. The van der Waals surface area contributed by atoms with E-state index in [2.05, 4.69) is 30.6 Å². The normalized spacial score (nSPS) is 11.7. The van der Waals surface area contributed by atoms with Gasteiger partial charge in [-0.25, -0.2) is 9.97 Å². The van der Waals surface area contributed by atoms with Gasteiger partial charge in [0.15, 0.2) is 0 Å². The Morgan fingerprint density at radius 1 is 0.818 bits per heavy atom. The van der Waals surface area contributed by atoms with Gasteiger partial charge in [0.1, 0.15) is 0 Å². The number of carboxylic acid groups (broad SMARTS) is 2. The molecule has 33 heavy (non-hydrogen) atoms. The number of rotatable bonds is 12. The van der Waals surface area contributed by atoms with Crippen molar-refractivity contribution in [1.82, 2.24) is 30.6 Å². The van der Waals surface area contributed by atoms with E-state index in [1.165, 1.54) is 25.0 Å². The summed E-state index contributed by atoms with van der Waals surface area (Å²) in [4.78, 5) is 56.9. The zero-order chi connectivity index (χ0) is 23.9. The first-order valence-corrected chi connectivity index (χ1v) is 9.61. The molecule has 0 saturated carbocycles. The van der Waals surface area contributed by atoms with Crippen LogP contribution in [0.2, 0.25) is 0 Å². The second-order valence-corrected chi connectivity index (χ2v) is 6.52. The summed E-state index contributed by atoms with van der Waals surface area (Å²) in [5.41, 5.74) is 11.6. The van der Waals surface area contributed by atoms with Crippen LogP contribution in [0.5, 0.6) is 0 Å². The average molecular weight is 514 g/mol. The summed E-state index contributed by atoms with van der Waals surface area (Å²) < 4.78 is 0. The Morgan fingerprint density at radius 2 is 1.18 bits per heavy atom. The number of carbonyl (C=O) groups is 4. The average Bonchev–Trinajstić information content (AvgIpc) is 3.42. The number of nitrogens with zero attached hydrogens (tertiary/aromatic N) is 2. The number of H-pyrrole nitrogens is 2. The quantitative estimate of drug-likeness (QED) is 0.147. The van der Waals surface area contributed by atoms with Gasteiger partial charge in [-0.15, -0.1) is 0 Å². The third-order valence-electron chi connectivity index (χ3n) is 3.94. The molecule has 2 aromatic rings. The maximum atomic E-state index is 11.2. The minimum Gasteiger partial charge on any atom is -0.548 e. The molecule has 0 aliphatic rings. The molecule has 2 aromatic heterocycles. The summed E-state index contributed by atoms with van der Waals surface area (Å²) in [6.07, 6.45) is 6.25.